The van der Waals surface area contributed by atoms with Crippen LogP contribution in [0.2, 0.25) is 0 Å². The van der Waals surface area contributed by atoms with E-state index in [0.29, 0.717) is 6.04 Å². The molecular formula is C17H31N3O. The molecule has 3 atom stereocenters. The number of fused-ring (bicyclic) bond motifs is 1. The van der Waals surface area contributed by atoms with E-state index in [2.05, 4.69) is 36.1 Å². The number of carbonyl (C=O) groups is 1. The van der Waals surface area contributed by atoms with Gasteiger partial charge in [-0.3, -0.25) is 0 Å². The minimum atomic E-state index is 0.194. The molecule has 2 aliphatic heterocycles. The molecule has 2 amide bonds. The van der Waals surface area contributed by atoms with Crippen molar-refractivity contribution in [3.05, 3.63) is 0 Å². The summed E-state index contributed by atoms with van der Waals surface area (Å²) in [6.45, 7) is 4.16. The summed E-state index contributed by atoms with van der Waals surface area (Å²) in [5.41, 5.74) is 0. The average molecular weight is 293 g/mol. The van der Waals surface area contributed by atoms with Gasteiger partial charge in [0.15, 0.2) is 0 Å². The summed E-state index contributed by atoms with van der Waals surface area (Å²) in [7, 11) is 4.16. The summed E-state index contributed by atoms with van der Waals surface area (Å²) >= 11 is 0. The van der Waals surface area contributed by atoms with Crippen molar-refractivity contribution in [2.45, 2.75) is 57.5 Å². The number of hydrogen-bond acceptors (Lipinski definition) is 2. The number of carbonyl (C=O) groups excluding carboxylic acids is 1. The van der Waals surface area contributed by atoms with Gasteiger partial charge in [-0.05, 0) is 83.8 Å². The zero-order valence-electron chi connectivity index (χ0n) is 13.8. The minimum absolute atomic E-state index is 0.194. The number of nitrogens with one attached hydrogen (secondary N) is 1. The summed E-state index contributed by atoms with van der Waals surface area (Å²) in [6, 6.07) is 0.972. The van der Waals surface area contributed by atoms with E-state index >= 15 is 0 Å². The lowest BCUT2D eigenvalue weighted by Gasteiger charge is -2.39. The molecule has 0 radical (unpaired) electrons. The highest BCUT2D eigenvalue weighted by Crippen LogP contribution is 2.47. The number of rotatable bonds is 4. The van der Waals surface area contributed by atoms with E-state index in [1.54, 1.807) is 0 Å². The SMILES string of the molecule is CC(CCN(C)C)NC(=O)N1CC2CC3CC(C2)CC1C3. The first kappa shape index (κ1) is 15.1. The molecule has 1 N–H and O–H groups in total. The van der Waals surface area contributed by atoms with Crippen molar-refractivity contribution >= 4 is 6.03 Å². The Labute approximate surface area is 129 Å². The molecule has 4 bridgehead atoms. The van der Waals surface area contributed by atoms with E-state index in [9.17, 15) is 4.79 Å². The molecule has 4 heteroatoms. The second-order valence-electron chi connectivity index (χ2n) is 8.03. The fourth-order valence-corrected chi connectivity index (χ4v) is 4.85. The third-order valence-electron chi connectivity index (χ3n) is 5.75. The van der Waals surface area contributed by atoms with Crippen LogP contribution in [0.4, 0.5) is 4.79 Å². The van der Waals surface area contributed by atoms with Gasteiger partial charge in [0, 0.05) is 18.6 Å². The molecule has 4 nitrogen and oxygen atoms in total. The maximum atomic E-state index is 12.7. The molecule has 4 rings (SSSR count). The van der Waals surface area contributed by atoms with Crippen molar-refractivity contribution in [2.24, 2.45) is 17.8 Å². The van der Waals surface area contributed by atoms with Gasteiger partial charge in [-0.1, -0.05) is 0 Å². The lowest BCUT2D eigenvalue weighted by atomic mass is 9.68. The third-order valence-corrected chi connectivity index (χ3v) is 5.75. The van der Waals surface area contributed by atoms with Crippen molar-refractivity contribution in [1.29, 1.82) is 0 Å². The highest BCUT2D eigenvalue weighted by molar-refractivity contribution is 5.75. The predicted octanol–water partition coefficient (Wildman–Crippen LogP) is 2.55. The van der Waals surface area contributed by atoms with Gasteiger partial charge in [0.05, 0.1) is 0 Å². The minimum Gasteiger partial charge on any atom is -0.335 e. The largest absolute Gasteiger partial charge is 0.335 e. The monoisotopic (exact) mass is 293 g/mol. The summed E-state index contributed by atoms with van der Waals surface area (Å²) in [6.07, 6.45) is 7.70. The van der Waals surface area contributed by atoms with Crippen molar-refractivity contribution in [2.75, 3.05) is 27.2 Å². The molecule has 2 heterocycles. The first-order chi connectivity index (χ1) is 10.0. The van der Waals surface area contributed by atoms with Gasteiger partial charge in [0.1, 0.15) is 0 Å². The van der Waals surface area contributed by atoms with Crippen molar-refractivity contribution in [3.63, 3.8) is 0 Å². The van der Waals surface area contributed by atoms with Crippen LogP contribution in [-0.2, 0) is 0 Å². The van der Waals surface area contributed by atoms with Crippen LogP contribution < -0.4 is 5.32 Å². The topological polar surface area (TPSA) is 35.6 Å². The fraction of sp³-hybridized carbons (Fsp3) is 0.941. The van der Waals surface area contributed by atoms with E-state index in [1.807, 2.05) is 0 Å². The van der Waals surface area contributed by atoms with Crippen LogP contribution in [0.3, 0.4) is 0 Å². The highest BCUT2D eigenvalue weighted by Gasteiger charge is 2.44. The first-order valence-electron chi connectivity index (χ1n) is 8.73. The van der Waals surface area contributed by atoms with Crippen LogP contribution >= 0.6 is 0 Å². The van der Waals surface area contributed by atoms with Crippen LogP contribution in [0.1, 0.15) is 45.4 Å². The lowest BCUT2D eigenvalue weighted by molar-refractivity contribution is 0.130. The molecule has 120 valence electrons. The number of nitrogens with zero attached hydrogens (tertiary/aromatic N) is 2. The van der Waals surface area contributed by atoms with Gasteiger partial charge >= 0.3 is 6.03 Å². The van der Waals surface area contributed by atoms with Gasteiger partial charge in [-0.15, -0.1) is 0 Å². The normalized spacial score (nSPS) is 35.9. The van der Waals surface area contributed by atoms with Crippen molar-refractivity contribution in [3.8, 4) is 0 Å². The Morgan fingerprint density at radius 2 is 1.76 bits per heavy atom. The molecule has 2 saturated heterocycles. The second kappa shape index (κ2) is 6.15. The van der Waals surface area contributed by atoms with Crippen LogP contribution in [0.25, 0.3) is 0 Å². The summed E-state index contributed by atoms with van der Waals surface area (Å²) in [5, 5.41) is 3.24. The zero-order valence-corrected chi connectivity index (χ0v) is 13.8. The Morgan fingerprint density at radius 3 is 2.38 bits per heavy atom. The first-order valence-corrected chi connectivity index (χ1v) is 8.73. The van der Waals surface area contributed by atoms with Crippen LogP contribution in [0.5, 0.6) is 0 Å². The molecule has 2 aliphatic carbocycles. The van der Waals surface area contributed by atoms with Gasteiger partial charge in [-0.2, -0.15) is 0 Å². The molecule has 2 saturated carbocycles. The number of amides is 2. The van der Waals surface area contributed by atoms with Crippen LogP contribution in [-0.4, -0.2) is 55.1 Å². The number of hydrogen-bond donors (Lipinski definition) is 1. The van der Waals surface area contributed by atoms with Crippen molar-refractivity contribution in [1.82, 2.24) is 15.1 Å². The van der Waals surface area contributed by atoms with Gasteiger partial charge in [0.25, 0.3) is 0 Å². The molecule has 0 aromatic rings. The molecule has 0 aromatic carbocycles. The summed E-state index contributed by atoms with van der Waals surface area (Å²) < 4.78 is 0. The molecule has 3 unspecified atom stereocenters. The fourth-order valence-electron chi connectivity index (χ4n) is 4.85. The standard InChI is InChI=1S/C17H31N3O/c1-12(4-5-19(2)3)18-17(21)20-11-15-7-13-6-14(8-15)10-16(20)9-13/h12-16H,4-11H2,1-3H3,(H,18,21). The predicted molar refractivity (Wildman–Crippen MR) is 85.2 cm³/mol. The van der Waals surface area contributed by atoms with Gasteiger partial charge in [-0.25, -0.2) is 4.79 Å². The molecule has 4 aliphatic rings. The Hall–Kier alpha value is -0.770. The Bertz CT molecular complexity index is 370. The Kier molecular flexibility index (Phi) is 4.43. The maximum absolute atomic E-state index is 12.7. The molecular weight excluding hydrogens is 262 g/mol. The summed E-state index contributed by atoms with van der Waals surface area (Å²) in [5.74, 6) is 2.57. The van der Waals surface area contributed by atoms with Crippen LogP contribution in [0, 0.1) is 17.8 Å². The van der Waals surface area contributed by atoms with E-state index in [4.69, 9.17) is 0 Å². The highest BCUT2D eigenvalue weighted by atomic mass is 16.2. The van der Waals surface area contributed by atoms with Crippen molar-refractivity contribution < 1.29 is 4.79 Å². The van der Waals surface area contributed by atoms with E-state index in [1.165, 1.54) is 32.1 Å². The smallest absolute Gasteiger partial charge is 0.317 e. The molecule has 0 spiro atoms. The van der Waals surface area contributed by atoms with Gasteiger partial charge < -0.3 is 15.1 Å². The molecule has 21 heavy (non-hydrogen) atoms. The quantitative estimate of drug-likeness (QED) is 0.864. The lowest BCUT2D eigenvalue weighted by Crippen LogP contribution is -2.49. The van der Waals surface area contributed by atoms with Crippen LogP contribution in [0.15, 0.2) is 0 Å². The number of urea groups is 1. The Balaban J connectivity index is 1.57. The van der Waals surface area contributed by atoms with E-state index in [-0.39, 0.29) is 12.1 Å². The average Bonchev–Trinajstić information content (AvgIpc) is 2.60. The zero-order chi connectivity index (χ0) is 15.0. The third kappa shape index (κ3) is 3.53. The molecule has 0 aromatic heterocycles. The van der Waals surface area contributed by atoms with Gasteiger partial charge in [0.2, 0.25) is 0 Å². The Morgan fingerprint density at radius 1 is 1.14 bits per heavy atom. The molecule has 4 fully saturated rings. The second-order valence-corrected chi connectivity index (χ2v) is 8.03. The summed E-state index contributed by atoms with van der Waals surface area (Å²) in [4.78, 5) is 17.0. The maximum Gasteiger partial charge on any atom is 0.317 e. The van der Waals surface area contributed by atoms with E-state index < -0.39 is 0 Å². The van der Waals surface area contributed by atoms with E-state index in [0.717, 1.165) is 37.3 Å².